The Balaban J connectivity index is 1.89. The van der Waals surface area contributed by atoms with Crippen LogP contribution in [0.15, 0.2) is 6.07 Å². The first-order valence-electron chi connectivity index (χ1n) is 8.35. The standard InChI is InChI=1S/C18H27NO4S/c1-18(2,3)13-5-6-14-12(9-13)10-15(24-14)17(21)23-11-16(20)19-7-8-22-4/h10,13H,5-9,11H2,1-4H3,(H,19,20)/t13-/m0/s1. The fourth-order valence-electron chi connectivity index (χ4n) is 2.91. The Morgan fingerprint density at radius 3 is 2.79 bits per heavy atom. The average Bonchev–Trinajstić information content (AvgIpc) is 2.95. The summed E-state index contributed by atoms with van der Waals surface area (Å²) in [5, 5.41) is 2.62. The maximum absolute atomic E-state index is 12.2. The van der Waals surface area contributed by atoms with Gasteiger partial charge in [-0.1, -0.05) is 20.8 Å². The van der Waals surface area contributed by atoms with E-state index in [1.165, 1.54) is 21.8 Å². The highest BCUT2D eigenvalue weighted by Gasteiger charge is 2.30. The fraction of sp³-hybridized carbons (Fsp3) is 0.667. The highest BCUT2D eigenvalue weighted by molar-refractivity contribution is 7.14. The number of carbonyl (C=O) groups is 2. The summed E-state index contributed by atoms with van der Waals surface area (Å²) in [5.74, 6) is -0.0897. The van der Waals surface area contributed by atoms with Gasteiger partial charge in [-0.05, 0) is 42.2 Å². The van der Waals surface area contributed by atoms with Gasteiger partial charge in [-0.2, -0.15) is 0 Å². The molecule has 6 heteroatoms. The second kappa shape index (κ2) is 8.12. The summed E-state index contributed by atoms with van der Waals surface area (Å²) in [6, 6.07) is 1.95. The number of nitrogens with one attached hydrogen (secondary N) is 1. The predicted octanol–water partition coefficient (Wildman–Crippen LogP) is 2.82. The van der Waals surface area contributed by atoms with E-state index in [0.717, 1.165) is 19.3 Å². The number of hydrogen-bond donors (Lipinski definition) is 1. The van der Waals surface area contributed by atoms with E-state index in [1.54, 1.807) is 7.11 Å². The van der Waals surface area contributed by atoms with Crippen molar-refractivity contribution in [3.8, 4) is 0 Å². The van der Waals surface area contributed by atoms with E-state index >= 15 is 0 Å². The number of aryl methyl sites for hydroxylation is 1. The zero-order valence-corrected chi connectivity index (χ0v) is 15.8. The lowest BCUT2D eigenvalue weighted by atomic mass is 9.72. The minimum atomic E-state index is -0.413. The van der Waals surface area contributed by atoms with E-state index in [4.69, 9.17) is 9.47 Å². The van der Waals surface area contributed by atoms with Gasteiger partial charge >= 0.3 is 5.97 Å². The molecule has 0 bridgehead atoms. The summed E-state index contributed by atoms with van der Waals surface area (Å²) >= 11 is 1.50. The van der Waals surface area contributed by atoms with Gasteiger partial charge in [0.2, 0.25) is 0 Å². The molecule has 1 N–H and O–H groups in total. The van der Waals surface area contributed by atoms with Crippen LogP contribution in [0.4, 0.5) is 0 Å². The molecule has 5 nitrogen and oxygen atoms in total. The largest absolute Gasteiger partial charge is 0.451 e. The maximum Gasteiger partial charge on any atom is 0.348 e. The lowest BCUT2D eigenvalue weighted by Gasteiger charge is -2.33. The number of methoxy groups -OCH3 is 1. The first-order valence-corrected chi connectivity index (χ1v) is 9.17. The predicted molar refractivity (Wildman–Crippen MR) is 94.5 cm³/mol. The van der Waals surface area contributed by atoms with Crippen LogP contribution in [0.25, 0.3) is 0 Å². The molecule has 0 spiro atoms. The lowest BCUT2D eigenvalue weighted by molar-refractivity contribution is -0.124. The molecule has 1 aliphatic carbocycles. The normalized spacial score (nSPS) is 17.2. The van der Waals surface area contributed by atoms with Crippen molar-refractivity contribution in [3.05, 3.63) is 21.4 Å². The Labute approximate surface area is 147 Å². The Morgan fingerprint density at radius 2 is 2.12 bits per heavy atom. The van der Waals surface area contributed by atoms with Crippen LogP contribution >= 0.6 is 11.3 Å². The van der Waals surface area contributed by atoms with Gasteiger partial charge < -0.3 is 14.8 Å². The molecule has 0 unspecified atom stereocenters. The lowest BCUT2D eigenvalue weighted by Crippen LogP contribution is -2.31. The molecule has 1 atom stereocenters. The monoisotopic (exact) mass is 353 g/mol. The van der Waals surface area contributed by atoms with E-state index in [9.17, 15) is 9.59 Å². The first-order chi connectivity index (χ1) is 11.3. The van der Waals surface area contributed by atoms with Crippen LogP contribution in [0.2, 0.25) is 0 Å². The molecule has 1 aromatic heterocycles. The summed E-state index contributed by atoms with van der Waals surface area (Å²) in [7, 11) is 1.56. The molecular weight excluding hydrogens is 326 g/mol. The van der Waals surface area contributed by atoms with Gasteiger partial charge in [0.05, 0.1) is 6.61 Å². The summed E-state index contributed by atoms with van der Waals surface area (Å²) in [6.07, 6.45) is 3.19. The second-order valence-electron chi connectivity index (χ2n) is 7.28. The van der Waals surface area contributed by atoms with Crippen LogP contribution in [0.1, 0.15) is 47.3 Å². The maximum atomic E-state index is 12.2. The summed E-state index contributed by atoms with van der Waals surface area (Å²) < 4.78 is 9.96. The molecule has 1 heterocycles. The summed E-state index contributed by atoms with van der Waals surface area (Å²) in [5.41, 5.74) is 1.54. The highest BCUT2D eigenvalue weighted by Crippen LogP contribution is 2.40. The number of rotatable bonds is 6. The second-order valence-corrected chi connectivity index (χ2v) is 8.42. The molecule has 1 aromatic rings. The van der Waals surface area contributed by atoms with Crippen LogP contribution in [0.5, 0.6) is 0 Å². The first kappa shape index (κ1) is 18.9. The van der Waals surface area contributed by atoms with Crippen LogP contribution in [-0.2, 0) is 27.1 Å². The third-order valence-electron chi connectivity index (χ3n) is 4.47. The van der Waals surface area contributed by atoms with Gasteiger partial charge in [0.1, 0.15) is 4.88 Å². The van der Waals surface area contributed by atoms with E-state index < -0.39 is 5.97 Å². The Kier molecular flexibility index (Phi) is 6.40. The average molecular weight is 353 g/mol. The minimum absolute atomic E-state index is 0.254. The fourth-order valence-corrected chi connectivity index (χ4v) is 4.01. The molecule has 1 amide bonds. The van der Waals surface area contributed by atoms with Gasteiger partial charge in [0.15, 0.2) is 6.61 Å². The number of hydrogen-bond acceptors (Lipinski definition) is 5. The van der Waals surface area contributed by atoms with E-state index in [-0.39, 0.29) is 17.9 Å². The van der Waals surface area contributed by atoms with E-state index in [0.29, 0.717) is 23.9 Å². The van der Waals surface area contributed by atoms with Crippen LogP contribution < -0.4 is 5.32 Å². The zero-order valence-electron chi connectivity index (χ0n) is 14.9. The Hall–Kier alpha value is -1.40. The third-order valence-corrected chi connectivity index (χ3v) is 5.69. The smallest absolute Gasteiger partial charge is 0.348 e. The number of carbonyl (C=O) groups excluding carboxylic acids is 2. The quantitative estimate of drug-likeness (QED) is 0.631. The van der Waals surface area contributed by atoms with Crippen molar-refractivity contribution in [2.45, 2.75) is 40.0 Å². The molecule has 0 radical (unpaired) electrons. The van der Waals surface area contributed by atoms with Crippen molar-refractivity contribution in [3.63, 3.8) is 0 Å². The van der Waals surface area contributed by atoms with Crippen molar-refractivity contribution in [1.29, 1.82) is 0 Å². The van der Waals surface area contributed by atoms with Gasteiger partial charge in [0.25, 0.3) is 5.91 Å². The SMILES string of the molecule is COCCNC(=O)COC(=O)c1cc2c(s1)CC[C@H](C(C)(C)C)C2. The van der Waals surface area contributed by atoms with Crippen LogP contribution in [0, 0.1) is 11.3 Å². The topological polar surface area (TPSA) is 64.6 Å². The molecule has 134 valence electrons. The van der Waals surface area contributed by atoms with Crippen molar-refractivity contribution < 1.29 is 19.1 Å². The van der Waals surface area contributed by atoms with Crippen molar-refractivity contribution in [1.82, 2.24) is 5.32 Å². The van der Waals surface area contributed by atoms with E-state index in [2.05, 4.69) is 26.1 Å². The molecular formula is C18H27NO4S. The molecule has 1 aliphatic rings. The van der Waals surface area contributed by atoms with Crippen molar-refractivity contribution in [2.24, 2.45) is 11.3 Å². The molecule has 0 aliphatic heterocycles. The number of amides is 1. The summed E-state index contributed by atoms with van der Waals surface area (Å²) in [4.78, 5) is 25.6. The molecule has 0 saturated carbocycles. The van der Waals surface area contributed by atoms with Crippen LogP contribution in [0.3, 0.4) is 0 Å². The molecule has 0 fully saturated rings. The van der Waals surface area contributed by atoms with E-state index in [1.807, 2.05) is 6.07 Å². The van der Waals surface area contributed by atoms with Crippen molar-refractivity contribution >= 4 is 23.2 Å². The minimum Gasteiger partial charge on any atom is -0.451 e. The molecule has 2 rings (SSSR count). The molecule has 0 aromatic carbocycles. The van der Waals surface area contributed by atoms with Gasteiger partial charge in [-0.25, -0.2) is 4.79 Å². The number of fused-ring (bicyclic) bond motifs is 1. The molecule has 0 saturated heterocycles. The van der Waals surface area contributed by atoms with Gasteiger partial charge in [-0.15, -0.1) is 11.3 Å². The zero-order chi connectivity index (χ0) is 17.7. The van der Waals surface area contributed by atoms with Gasteiger partial charge in [0, 0.05) is 18.5 Å². The number of thiophene rings is 1. The van der Waals surface area contributed by atoms with Gasteiger partial charge in [-0.3, -0.25) is 4.79 Å². The van der Waals surface area contributed by atoms with Crippen LogP contribution in [-0.4, -0.2) is 38.7 Å². The Morgan fingerprint density at radius 1 is 1.38 bits per heavy atom. The number of esters is 1. The number of ether oxygens (including phenoxy) is 2. The Bertz CT molecular complexity index is 588. The highest BCUT2D eigenvalue weighted by atomic mass is 32.1. The third kappa shape index (κ3) is 5.05. The van der Waals surface area contributed by atoms with Crippen molar-refractivity contribution in [2.75, 3.05) is 26.9 Å². The molecule has 24 heavy (non-hydrogen) atoms. The summed E-state index contributed by atoms with van der Waals surface area (Å²) in [6.45, 7) is 7.40.